The Kier molecular flexibility index (Phi) is 9.56. The summed E-state index contributed by atoms with van der Waals surface area (Å²) in [4.78, 5) is 4.25. The highest BCUT2D eigenvalue weighted by atomic mass is 32.1. The van der Waals surface area contributed by atoms with Crippen LogP contribution in [0, 0.1) is 0 Å². The van der Waals surface area contributed by atoms with E-state index in [1.807, 2.05) is 29.2 Å². The maximum Gasteiger partial charge on any atom is 0.179 e. The van der Waals surface area contributed by atoms with E-state index in [9.17, 15) is 0 Å². The van der Waals surface area contributed by atoms with Crippen LogP contribution in [0.3, 0.4) is 0 Å². The quantitative estimate of drug-likeness (QED) is 0.336. The van der Waals surface area contributed by atoms with Gasteiger partial charge in [-0.2, -0.15) is 0 Å². The number of unbranched alkanes of at least 4 members (excludes halogenated alkanes) is 3. The first-order chi connectivity index (χ1) is 15.2. The van der Waals surface area contributed by atoms with Crippen LogP contribution in [-0.2, 0) is 6.42 Å². The molecular formula is C25H33N3OS2. The third-order valence-corrected chi connectivity index (χ3v) is 6.23. The van der Waals surface area contributed by atoms with Crippen molar-refractivity contribution in [2.45, 2.75) is 45.4 Å². The molecule has 0 spiro atoms. The lowest BCUT2D eigenvalue weighted by Crippen LogP contribution is -2.38. The topological polar surface area (TPSA) is 27.7 Å². The summed E-state index contributed by atoms with van der Waals surface area (Å²) >= 11 is 11.2. The lowest BCUT2D eigenvalue weighted by molar-refractivity contribution is 0.305. The molecule has 1 saturated heterocycles. The van der Waals surface area contributed by atoms with Gasteiger partial charge in [-0.25, -0.2) is 0 Å². The molecule has 0 atom stereocenters. The number of nitrogens with zero attached hydrogens (tertiary/aromatic N) is 2. The van der Waals surface area contributed by atoms with Crippen molar-refractivity contribution in [3.8, 4) is 5.75 Å². The standard InChI is InChI=1S/C25H33N3OS2/c1-2-3-16-27-17-18-28(25(27)31)24(30)26-22-14-10-15-23(20-22)29-19-9-5-8-13-21-11-6-4-7-12-21/h4,6-7,10-12,14-15,20H,2-3,5,8-9,13,16-19H2,1H3,(H,26,30). The van der Waals surface area contributed by atoms with Crippen LogP contribution in [0.25, 0.3) is 0 Å². The van der Waals surface area contributed by atoms with Gasteiger partial charge in [0.25, 0.3) is 0 Å². The van der Waals surface area contributed by atoms with Gasteiger partial charge in [0, 0.05) is 31.4 Å². The molecule has 2 aromatic carbocycles. The van der Waals surface area contributed by atoms with Crippen LogP contribution in [0.15, 0.2) is 54.6 Å². The van der Waals surface area contributed by atoms with E-state index in [0.717, 1.165) is 68.5 Å². The summed E-state index contributed by atoms with van der Waals surface area (Å²) in [5, 5.41) is 4.81. The van der Waals surface area contributed by atoms with Crippen molar-refractivity contribution in [1.82, 2.24) is 9.80 Å². The number of benzene rings is 2. The fourth-order valence-corrected chi connectivity index (χ4v) is 4.34. The van der Waals surface area contributed by atoms with Crippen molar-refractivity contribution < 1.29 is 4.74 Å². The SMILES string of the molecule is CCCCN1CCN(C(=S)Nc2cccc(OCCCCCc3ccccc3)c2)C1=S. The first-order valence-electron chi connectivity index (χ1n) is 11.3. The number of nitrogens with one attached hydrogen (secondary N) is 1. The molecule has 1 aliphatic heterocycles. The summed E-state index contributed by atoms with van der Waals surface area (Å²) in [6.07, 6.45) is 6.86. The zero-order valence-electron chi connectivity index (χ0n) is 18.4. The number of hydrogen-bond acceptors (Lipinski definition) is 3. The number of aryl methyl sites for hydroxylation is 1. The van der Waals surface area contributed by atoms with Crippen LogP contribution in [-0.4, -0.2) is 46.3 Å². The van der Waals surface area contributed by atoms with Crippen molar-refractivity contribution in [2.75, 3.05) is 31.6 Å². The predicted molar refractivity (Wildman–Crippen MR) is 138 cm³/mol. The van der Waals surface area contributed by atoms with Gasteiger partial charge in [0.05, 0.1) is 6.61 Å². The fraction of sp³-hybridized carbons (Fsp3) is 0.440. The molecule has 3 rings (SSSR count). The Morgan fingerprint density at radius 1 is 1.00 bits per heavy atom. The van der Waals surface area contributed by atoms with Crippen LogP contribution in [0.2, 0.25) is 0 Å². The molecule has 1 fully saturated rings. The third-order valence-electron chi connectivity index (χ3n) is 5.43. The molecular weight excluding hydrogens is 422 g/mol. The average Bonchev–Trinajstić information content (AvgIpc) is 3.16. The minimum atomic E-state index is 0.655. The normalized spacial score (nSPS) is 13.5. The van der Waals surface area contributed by atoms with Gasteiger partial charge in [-0.1, -0.05) is 49.7 Å². The van der Waals surface area contributed by atoms with Crippen LogP contribution in [0.5, 0.6) is 5.75 Å². The second kappa shape index (κ2) is 12.6. The molecule has 0 aromatic heterocycles. The van der Waals surface area contributed by atoms with Gasteiger partial charge < -0.3 is 15.0 Å². The molecule has 1 heterocycles. The Morgan fingerprint density at radius 3 is 2.65 bits per heavy atom. The Labute approximate surface area is 197 Å². The largest absolute Gasteiger partial charge is 0.494 e. The van der Waals surface area contributed by atoms with Crippen LogP contribution in [0.1, 0.15) is 44.6 Å². The number of thiocarbonyl (C=S) groups is 2. The van der Waals surface area contributed by atoms with Gasteiger partial charge >= 0.3 is 0 Å². The number of anilines is 1. The van der Waals surface area contributed by atoms with Gasteiger partial charge in [-0.3, -0.25) is 4.90 Å². The zero-order valence-corrected chi connectivity index (χ0v) is 20.0. The highest BCUT2D eigenvalue weighted by Gasteiger charge is 2.27. The summed E-state index contributed by atoms with van der Waals surface area (Å²) in [5.74, 6) is 0.865. The summed E-state index contributed by atoms with van der Waals surface area (Å²) in [6, 6.07) is 18.6. The summed E-state index contributed by atoms with van der Waals surface area (Å²) in [5.41, 5.74) is 2.34. The molecule has 2 aromatic rings. The van der Waals surface area contributed by atoms with E-state index < -0.39 is 0 Å². The second-order valence-electron chi connectivity index (χ2n) is 7.88. The molecule has 4 nitrogen and oxygen atoms in total. The van der Waals surface area contributed by atoms with Crippen molar-refractivity contribution in [1.29, 1.82) is 0 Å². The maximum atomic E-state index is 5.96. The van der Waals surface area contributed by atoms with E-state index >= 15 is 0 Å². The first-order valence-corrected chi connectivity index (χ1v) is 12.1. The minimum absolute atomic E-state index is 0.655. The number of hydrogen-bond donors (Lipinski definition) is 1. The van der Waals surface area contributed by atoms with Crippen LogP contribution in [0.4, 0.5) is 5.69 Å². The lowest BCUT2D eigenvalue weighted by atomic mass is 10.1. The van der Waals surface area contributed by atoms with Crippen LogP contribution < -0.4 is 10.1 Å². The van der Waals surface area contributed by atoms with E-state index in [1.165, 1.54) is 18.4 Å². The Bertz CT molecular complexity index is 844. The molecule has 1 N–H and O–H groups in total. The number of ether oxygens (including phenoxy) is 1. The van der Waals surface area contributed by atoms with E-state index in [4.69, 9.17) is 29.2 Å². The Balaban J connectivity index is 1.38. The Morgan fingerprint density at radius 2 is 1.84 bits per heavy atom. The monoisotopic (exact) mass is 455 g/mol. The zero-order chi connectivity index (χ0) is 21.9. The lowest BCUT2D eigenvalue weighted by Gasteiger charge is -2.23. The highest BCUT2D eigenvalue weighted by molar-refractivity contribution is 7.82. The van der Waals surface area contributed by atoms with Gasteiger partial charge in [-0.15, -0.1) is 0 Å². The highest BCUT2D eigenvalue weighted by Crippen LogP contribution is 2.20. The average molecular weight is 456 g/mol. The minimum Gasteiger partial charge on any atom is -0.494 e. The van der Waals surface area contributed by atoms with Gasteiger partial charge in [0.15, 0.2) is 10.2 Å². The Hall–Kier alpha value is -2.18. The smallest absolute Gasteiger partial charge is 0.179 e. The maximum absolute atomic E-state index is 5.96. The third kappa shape index (κ3) is 7.47. The molecule has 0 bridgehead atoms. The second-order valence-corrected chi connectivity index (χ2v) is 8.63. The number of rotatable bonds is 11. The predicted octanol–water partition coefficient (Wildman–Crippen LogP) is 5.88. The summed E-state index contributed by atoms with van der Waals surface area (Å²) in [7, 11) is 0. The molecule has 1 aliphatic rings. The molecule has 0 unspecified atom stereocenters. The molecule has 166 valence electrons. The molecule has 31 heavy (non-hydrogen) atoms. The van der Waals surface area contributed by atoms with Crippen LogP contribution >= 0.6 is 24.4 Å². The van der Waals surface area contributed by atoms with Gasteiger partial charge in [0.2, 0.25) is 0 Å². The van der Waals surface area contributed by atoms with Crippen molar-refractivity contribution >= 4 is 40.3 Å². The molecule has 0 amide bonds. The van der Waals surface area contributed by atoms with E-state index in [1.54, 1.807) is 0 Å². The molecule has 6 heteroatoms. The van der Waals surface area contributed by atoms with E-state index in [-0.39, 0.29) is 0 Å². The van der Waals surface area contributed by atoms with E-state index in [0.29, 0.717) is 5.11 Å². The van der Waals surface area contributed by atoms with Gasteiger partial charge in [0.1, 0.15) is 5.75 Å². The summed E-state index contributed by atoms with van der Waals surface area (Å²) in [6.45, 7) is 5.71. The molecule has 0 aliphatic carbocycles. The van der Waals surface area contributed by atoms with Crippen molar-refractivity contribution in [3.05, 3.63) is 60.2 Å². The molecule has 0 saturated carbocycles. The fourth-order valence-electron chi connectivity index (χ4n) is 3.62. The van der Waals surface area contributed by atoms with Crippen molar-refractivity contribution in [2.24, 2.45) is 0 Å². The van der Waals surface area contributed by atoms with Crippen molar-refractivity contribution in [3.63, 3.8) is 0 Å². The van der Waals surface area contributed by atoms with E-state index in [2.05, 4.69) is 47.5 Å². The summed E-state index contributed by atoms with van der Waals surface area (Å²) < 4.78 is 5.96. The van der Waals surface area contributed by atoms with Gasteiger partial charge in [-0.05, 0) is 74.2 Å². The first kappa shape index (κ1) is 23.5. The molecule has 0 radical (unpaired) electrons.